The van der Waals surface area contributed by atoms with Gasteiger partial charge in [-0.2, -0.15) is 0 Å². The first kappa shape index (κ1) is 10.5. The first-order valence-corrected chi connectivity index (χ1v) is 5.81. The molecule has 0 fully saturated rings. The number of hydrogen-bond acceptors (Lipinski definition) is 0. The largest absolute Gasteiger partial charge is 0.123 e. The summed E-state index contributed by atoms with van der Waals surface area (Å²) in [4.78, 5) is 0. The van der Waals surface area contributed by atoms with Gasteiger partial charge in [0.15, 0.2) is 0 Å². The van der Waals surface area contributed by atoms with Crippen molar-refractivity contribution in [1.82, 2.24) is 0 Å². The Morgan fingerprint density at radius 1 is 1.67 bits per heavy atom. The molecule has 0 N–H and O–H groups in total. The van der Waals surface area contributed by atoms with Gasteiger partial charge in [-0.3, -0.25) is 0 Å². The molecular formula is C6H10BrClI. The van der Waals surface area contributed by atoms with Crippen LogP contribution in [0.5, 0.6) is 0 Å². The van der Waals surface area contributed by atoms with Gasteiger partial charge in [-0.05, 0) is 23.7 Å². The fraction of sp³-hybridized carbons (Fsp3) is 0.833. The molecule has 0 rings (SSSR count). The van der Waals surface area contributed by atoms with Crippen molar-refractivity contribution >= 4 is 50.1 Å². The normalized spacial score (nSPS) is 13.7. The number of halogens is 3. The fourth-order valence-corrected chi connectivity index (χ4v) is 1.86. The van der Waals surface area contributed by atoms with Crippen LogP contribution in [0.2, 0.25) is 0 Å². The Morgan fingerprint density at radius 3 is 2.78 bits per heavy atom. The van der Waals surface area contributed by atoms with E-state index in [1.807, 2.05) is 5.33 Å². The molecule has 0 aliphatic rings. The topological polar surface area (TPSA) is 0 Å². The Bertz CT molecular complexity index is 61.0. The summed E-state index contributed by atoms with van der Waals surface area (Å²) in [6.45, 7) is 0. The molecule has 0 aliphatic heterocycles. The van der Waals surface area contributed by atoms with Crippen molar-refractivity contribution in [2.24, 2.45) is 0 Å². The number of alkyl halides is 2. The van der Waals surface area contributed by atoms with Crippen LogP contribution >= 0.6 is 50.1 Å². The van der Waals surface area contributed by atoms with Gasteiger partial charge in [-0.25, -0.2) is 0 Å². The summed E-state index contributed by atoms with van der Waals surface area (Å²) >= 11 is 11.5. The van der Waals surface area contributed by atoms with Crippen LogP contribution in [-0.4, -0.2) is 9.80 Å². The van der Waals surface area contributed by atoms with Gasteiger partial charge in [0.25, 0.3) is 0 Å². The Morgan fingerprint density at radius 2 is 2.33 bits per heavy atom. The third kappa shape index (κ3) is 7.40. The van der Waals surface area contributed by atoms with Crippen molar-refractivity contribution in [2.45, 2.75) is 24.6 Å². The van der Waals surface area contributed by atoms with Gasteiger partial charge in [0, 0.05) is 10.7 Å². The Kier molecular flexibility index (Phi) is 8.87. The van der Waals surface area contributed by atoms with Gasteiger partial charge < -0.3 is 0 Å². The summed E-state index contributed by atoms with van der Waals surface area (Å²) < 4.78 is 1.21. The Labute approximate surface area is 84.0 Å². The zero-order valence-corrected chi connectivity index (χ0v) is 9.62. The lowest BCUT2D eigenvalue weighted by Gasteiger charge is -2.03. The van der Waals surface area contributed by atoms with Crippen LogP contribution in [0.25, 0.3) is 0 Å². The molecule has 1 unspecified atom stereocenters. The summed E-state index contributed by atoms with van der Waals surface area (Å²) in [5, 5.41) is 2.27. The summed E-state index contributed by atoms with van der Waals surface area (Å²) in [5.74, 6) is 0. The first-order chi connectivity index (χ1) is 4.31. The highest BCUT2D eigenvalue weighted by Crippen LogP contribution is 2.14. The van der Waals surface area contributed by atoms with Crippen LogP contribution in [0.1, 0.15) is 19.3 Å². The molecule has 55 valence electrons. The zero-order chi connectivity index (χ0) is 7.11. The van der Waals surface area contributed by atoms with E-state index in [4.69, 9.17) is 11.6 Å². The molecule has 9 heavy (non-hydrogen) atoms. The highest BCUT2D eigenvalue weighted by molar-refractivity contribution is 14.1. The van der Waals surface area contributed by atoms with Crippen LogP contribution in [-0.2, 0) is 0 Å². The SMILES string of the molecule is ClC(C[CH]Br)CCCI. The summed E-state index contributed by atoms with van der Waals surface area (Å²) in [6.07, 6.45) is 3.33. The molecule has 0 saturated carbocycles. The van der Waals surface area contributed by atoms with Gasteiger partial charge in [0.2, 0.25) is 0 Å². The van der Waals surface area contributed by atoms with E-state index in [2.05, 4.69) is 38.5 Å². The van der Waals surface area contributed by atoms with Crippen molar-refractivity contribution in [3.05, 3.63) is 5.33 Å². The molecule has 0 saturated heterocycles. The molecule has 0 aromatic carbocycles. The molecule has 1 radical (unpaired) electrons. The van der Waals surface area contributed by atoms with Gasteiger partial charge in [-0.15, -0.1) is 11.6 Å². The third-order valence-electron chi connectivity index (χ3n) is 0.996. The van der Waals surface area contributed by atoms with Gasteiger partial charge >= 0.3 is 0 Å². The minimum absolute atomic E-state index is 0.333. The second-order valence-electron chi connectivity index (χ2n) is 1.82. The summed E-state index contributed by atoms with van der Waals surface area (Å²) in [7, 11) is 0. The quantitative estimate of drug-likeness (QED) is 0.534. The fourth-order valence-electron chi connectivity index (χ4n) is 0.513. The van der Waals surface area contributed by atoms with Crippen molar-refractivity contribution in [1.29, 1.82) is 0 Å². The molecule has 0 nitrogen and oxygen atoms in total. The highest BCUT2D eigenvalue weighted by atomic mass is 127. The van der Waals surface area contributed by atoms with E-state index in [0.29, 0.717) is 5.38 Å². The zero-order valence-electron chi connectivity index (χ0n) is 5.12. The Balaban J connectivity index is 2.95. The predicted molar refractivity (Wildman–Crippen MR) is 55.6 cm³/mol. The number of hydrogen-bond donors (Lipinski definition) is 0. The third-order valence-corrected chi connectivity index (χ3v) is 2.53. The molecule has 0 amide bonds. The summed E-state index contributed by atoms with van der Waals surface area (Å²) in [6, 6.07) is 0. The maximum absolute atomic E-state index is 5.90. The average Bonchev–Trinajstić information content (AvgIpc) is 1.85. The lowest BCUT2D eigenvalue weighted by atomic mass is 10.2. The monoisotopic (exact) mass is 323 g/mol. The smallest absolute Gasteiger partial charge is 0.0347 e. The standard InChI is InChI=1S/C6H10BrClI/c7-4-3-6(8)2-1-5-9/h4,6H,1-3,5H2. The molecule has 0 spiro atoms. The molecule has 0 aliphatic carbocycles. The molecule has 3 heteroatoms. The molecule has 0 bridgehead atoms. The highest BCUT2D eigenvalue weighted by Gasteiger charge is 2.01. The van der Waals surface area contributed by atoms with Crippen LogP contribution in [0.4, 0.5) is 0 Å². The van der Waals surface area contributed by atoms with Crippen LogP contribution in [0, 0.1) is 5.33 Å². The molecular weight excluding hydrogens is 314 g/mol. The van der Waals surface area contributed by atoms with Crippen LogP contribution < -0.4 is 0 Å². The van der Waals surface area contributed by atoms with Crippen LogP contribution in [0.3, 0.4) is 0 Å². The second-order valence-corrected chi connectivity index (χ2v) is 4.16. The lowest BCUT2D eigenvalue weighted by molar-refractivity contribution is 0.744. The molecule has 1 atom stereocenters. The second kappa shape index (κ2) is 7.61. The van der Waals surface area contributed by atoms with E-state index in [0.717, 1.165) is 12.8 Å². The van der Waals surface area contributed by atoms with Gasteiger partial charge in [0.1, 0.15) is 0 Å². The lowest BCUT2D eigenvalue weighted by Crippen LogP contribution is -1.96. The first-order valence-electron chi connectivity index (χ1n) is 2.93. The van der Waals surface area contributed by atoms with Crippen molar-refractivity contribution in [2.75, 3.05) is 4.43 Å². The van der Waals surface area contributed by atoms with Gasteiger partial charge in [0.05, 0.1) is 0 Å². The Hall–Kier alpha value is 1.50. The van der Waals surface area contributed by atoms with E-state index >= 15 is 0 Å². The molecule has 0 heterocycles. The average molecular weight is 324 g/mol. The minimum Gasteiger partial charge on any atom is -0.123 e. The van der Waals surface area contributed by atoms with E-state index in [9.17, 15) is 0 Å². The van der Waals surface area contributed by atoms with E-state index in [1.54, 1.807) is 0 Å². The maximum Gasteiger partial charge on any atom is 0.0347 e. The molecule has 0 aromatic heterocycles. The van der Waals surface area contributed by atoms with Crippen molar-refractivity contribution in [3.8, 4) is 0 Å². The van der Waals surface area contributed by atoms with E-state index < -0.39 is 0 Å². The van der Waals surface area contributed by atoms with E-state index in [1.165, 1.54) is 10.8 Å². The minimum atomic E-state index is 0.333. The number of rotatable bonds is 5. The maximum atomic E-state index is 5.90. The van der Waals surface area contributed by atoms with E-state index in [-0.39, 0.29) is 0 Å². The predicted octanol–water partition coefficient (Wildman–Crippen LogP) is 3.76. The molecule has 0 aromatic rings. The van der Waals surface area contributed by atoms with Crippen molar-refractivity contribution in [3.63, 3.8) is 0 Å². The van der Waals surface area contributed by atoms with Crippen LogP contribution in [0.15, 0.2) is 0 Å². The van der Waals surface area contributed by atoms with Crippen molar-refractivity contribution < 1.29 is 0 Å². The van der Waals surface area contributed by atoms with Gasteiger partial charge in [-0.1, -0.05) is 38.5 Å². The summed E-state index contributed by atoms with van der Waals surface area (Å²) in [5.41, 5.74) is 0.